The Balaban J connectivity index is 1.39. The number of guanidine groups is 1. The van der Waals surface area contributed by atoms with Crippen molar-refractivity contribution in [3.05, 3.63) is 30.1 Å². The first-order valence-electron chi connectivity index (χ1n) is 9.93. The van der Waals surface area contributed by atoms with Crippen LogP contribution in [-0.4, -0.2) is 80.1 Å². The molecule has 3 rings (SSSR count). The smallest absolute Gasteiger partial charge is 0.234 e. The molecule has 28 heavy (non-hydrogen) atoms. The SMILES string of the molecule is CN=C(NCC(C)Oc1ccccc1F)N1CCN(CC(=O)NC2CC2)CC1. The highest BCUT2D eigenvalue weighted by Gasteiger charge is 2.26. The van der Waals surface area contributed by atoms with Crippen LogP contribution in [0.4, 0.5) is 4.39 Å². The number of carbonyl (C=O) groups is 1. The van der Waals surface area contributed by atoms with Crippen LogP contribution < -0.4 is 15.4 Å². The third kappa shape index (κ3) is 6.09. The molecule has 2 aliphatic rings. The molecular formula is C20H30FN5O2. The number of halogens is 1. The predicted octanol–water partition coefficient (Wildman–Crippen LogP) is 1.06. The minimum absolute atomic E-state index is 0.123. The number of hydrogen-bond donors (Lipinski definition) is 2. The maximum Gasteiger partial charge on any atom is 0.234 e. The number of ether oxygens (including phenoxy) is 1. The molecule has 2 N–H and O–H groups in total. The summed E-state index contributed by atoms with van der Waals surface area (Å²) in [5.41, 5.74) is 0. The lowest BCUT2D eigenvalue weighted by atomic mass is 10.3. The Hall–Kier alpha value is -2.35. The lowest BCUT2D eigenvalue weighted by Gasteiger charge is -2.36. The molecule has 0 radical (unpaired) electrons. The molecule has 1 aliphatic carbocycles. The molecule has 1 unspecified atom stereocenters. The third-order valence-electron chi connectivity index (χ3n) is 4.91. The number of carbonyl (C=O) groups excluding carboxylic acids is 1. The van der Waals surface area contributed by atoms with Crippen LogP contribution >= 0.6 is 0 Å². The molecule has 0 aromatic heterocycles. The monoisotopic (exact) mass is 391 g/mol. The molecular weight excluding hydrogens is 361 g/mol. The predicted molar refractivity (Wildman–Crippen MR) is 107 cm³/mol. The van der Waals surface area contributed by atoms with Crippen molar-refractivity contribution in [2.75, 3.05) is 46.3 Å². The van der Waals surface area contributed by atoms with E-state index >= 15 is 0 Å². The third-order valence-corrected chi connectivity index (χ3v) is 4.91. The Morgan fingerprint density at radius 1 is 1.29 bits per heavy atom. The molecule has 1 atom stereocenters. The molecule has 1 saturated heterocycles. The van der Waals surface area contributed by atoms with Gasteiger partial charge in [0.2, 0.25) is 5.91 Å². The van der Waals surface area contributed by atoms with Crippen molar-refractivity contribution in [2.24, 2.45) is 4.99 Å². The first-order chi connectivity index (χ1) is 13.5. The van der Waals surface area contributed by atoms with Gasteiger partial charge in [0.15, 0.2) is 17.5 Å². The van der Waals surface area contributed by atoms with Crippen molar-refractivity contribution in [3.8, 4) is 5.75 Å². The first-order valence-corrected chi connectivity index (χ1v) is 9.93. The van der Waals surface area contributed by atoms with Crippen LogP contribution in [-0.2, 0) is 4.79 Å². The fraction of sp³-hybridized carbons (Fsp3) is 0.600. The molecule has 0 spiro atoms. The molecule has 1 amide bonds. The number of nitrogens with zero attached hydrogens (tertiary/aromatic N) is 3. The number of piperazine rings is 1. The maximum absolute atomic E-state index is 13.7. The fourth-order valence-corrected chi connectivity index (χ4v) is 3.19. The van der Waals surface area contributed by atoms with Gasteiger partial charge in [-0.3, -0.25) is 14.7 Å². The molecule has 0 bridgehead atoms. The number of aliphatic imine (C=N–C) groups is 1. The molecule has 1 aromatic carbocycles. The number of benzene rings is 1. The number of para-hydroxylation sites is 1. The molecule has 1 saturated carbocycles. The zero-order valence-corrected chi connectivity index (χ0v) is 16.7. The van der Waals surface area contributed by atoms with Gasteiger partial charge in [0, 0.05) is 39.3 Å². The normalized spacial score (nSPS) is 19.2. The van der Waals surface area contributed by atoms with Gasteiger partial charge in [0.05, 0.1) is 13.1 Å². The summed E-state index contributed by atoms with van der Waals surface area (Å²) in [4.78, 5) is 20.6. The Morgan fingerprint density at radius 3 is 2.64 bits per heavy atom. The first kappa shape index (κ1) is 20.4. The summed E-state index contributed by atoms with van der Waals surface area (Å²) < 4.78 is 19.4. The van der Waals surface area contributed by atoms with E-state index in [4.69, 9.17) is 4.74 Å². The Morgan fingerprint density at radius 2 is 2.00 bits per heavy atom. The van der Waals surface area contributed by atoms with Gasteiger partial charge in [-0.2, -0.15) is 0 Å². The van der Waals surface area contributed by atoms with Crippen molar-refractivity contribution < 1.29 is 13.9 Å². The van der Waals surface area contributed by atoms with E-state index in [0.717, 1.165) is 45.0 Å². The van der Waals surface area contributed by atoms with E-state index < -0.39 is 0 Å². The average molecular weight is 391 g/mol. The summed E-state index contributed by atoms with van der Waals surface area (Å²) in [6.45, 7) is 6.12. The van der Waals surface area contributed by atoms with Crippen LogP contribution in [0.25, 0.3) is 0 Å². The van der Waals surface area contributed by atoms with E-state index in [1.165, 1.54) is 6.07 Å². The average Bonchev–Trinajstić information content (AvgIpc) is 3.49. The van der Waals surface area contributed by atoms with Gasteiger partial charge in [-0.05, 0) is 31.9 Å². The molecule has 1 heterocycles. The zero-order valence-electron chi connectivity index (χ0n) is 16.7. The second-order valence-electron chi connectivity index (χ2n) is 7.39. The van der Waals surface area contributed by atoms with Crippen molar-refractivity contribution >= 4 is 11.9 Å². The van der Waals surface area contributed by atoms with Crippen molar-refractivity contribution in [2.45, 2.75) is 31.9 Å². The van der Waals surface area contributed by atoms with E-state index in [-0.39, 0.29) is 23.6 Å². The Labute approximate surface area is 165 Å². The van der Waals surface area contributed by atoms with Gasteiger partial charge in [0.25, 0.3) is 0 Å². The summed E-state index contributed by atoms with van der Waals surface area (Å²) in [5, 5.41) is 6.33. The van der Waals surface area contributed by atoms with E-state index in [1.54, 1.807) is 25.2 Å². The van der Waals surface area contributed by atoms with Crippen LogP contribution in [0, 0.1) is 5.82 Å². The molecule has 2 fully saturated rings. The van der Waals surface area contributed by atoms with Crippen molar-refractivity contribution in [1.29, 1.82) is 0 Å². The van der Waals surface area contributed by atoms with Gasteiger partial charge in [-0.15, -0.1) is 0 Å². The number of hydrogen-bond acceptors (Lipinski definition) is 4. The van der Waals surface area contributed by atoms with Crippen LogP contribution in [0.15, 0.2) is 29.3 Å². The largest absolute Gasteiger partial charge is 0.486 e. The topological polar surface area (TPSA) is 69.2 Å². The Bertz CT molecular complexity index is 687. The lowest BCUT2D eigenvalue weighted by Crippen LogP contribution is -2.54. The fourth-order valence-electron chi connectivity index (χ4n) is 3.19. The molecule has 7 nitrogen and oxygen atoms in total. The van der Waals surface area contributed by atoms with Crippen LogP contribution in [0.3, 0.4) is 0 Å². The van der Waals surface area contributed by atoms with E-state index in [2.05, 4.69) is 25.4 Å². The summed E-state index contributed by atoms with van der Waals surface area (Å²) in [6, 6.07) is 6.81. The summed E-state index contributed by atoms with van der Waals surface area (Å²) >= 11 is 0. The summed E-state index contributed by atoms with van der Waals surface area (Å²) in [6.07, 6.45) is 2.02. The van der Waals surface area contributed by atoms with Crippen molar-refractivity contribution in [1.82, 2.24) is 20.4 Å². The van der Waals surface area contributed by atoms with E-state index in [0.29, 0.717) is 19.1 Å². The summed E-state index contributed by atoms with van der Waals surface area (Å²) in [5.74, 6) is 0.814. The van der Waals surface area contributed by atoms with Gasteiger partial charge >= 0.3 is 0 Å². The van der Waals surface area contributed by atoms with Gasteiger partial charge in [0.1, 0.15) is 6.10 Å². The lowest BCUT2D eigenvalue weighted by molar-refractivity contribution is -0.122. The van der Waals surface area contributed by atoms with Gasteiger partial charge in [-0.25, -0.2) is 4.39 Å². The minimum atomic E-state index is -0.361. The quantitative estimate of drug-likeness (QED) is 0.538. The number of amides is 1. The molecule has 8 heteroatoms. The van der Waals surface area contributed by atoms with Crippen LogP contribution in [0.2, 0.25) is 0 Å². The highest BCUT2D eigenvalue weighted by Crippen LogP contribution is 2.18. The summed E-state index contributed by atoms with van der Waals surface area (Å²) in [7, 11) is 1.75. The molecule has 1 aliphatic heterocycles. The van der Waals surface area contributed by atoms with E-state index in [9.17, 15) is 9.18 Å². The second kappa shape index (κ2) is 9.73. The maximum atomic E-state index is 13.7. The Kier molecular flexibility index (Phi) is 7.08. The molecule has 1 aromatic rings. The highest BCUT2D eigenvalue weighted by molar-refractivity contribution is 5.80. The van der Waals surface area contributed by atoms with Gasteiger partial charge < -0.3 is 20.3 Å². The number of nitrogens with one attached hydrogen (secondary N) is 2. The van der Waals surface area contributed by atoms with Gasteiger partial charge in [-0.1, -0.05) is 12.1 Å². The minimum Gasteiger partial charge on any atom is -0.486 e. The zero-order chi connectivity index (χ0) is 19.9. The van der Waals surface area contributed by atoms with E-state index in [1.807, 2.05) is 6.92 Å². The number of rotatable bonds is 7. The van der Waals surface area contributed by atoms with Crippen LogP contribution in [0.5, 0.6) is 5.75 Å². The second-order valence-corrected chi connectivity index (χ2v) is 7.39. The standard InChI is InChI=1S/C20H30FN5O2/c1-15(28-18-6-4-3-5-17(18)21)13-23-20(22-2)26-11-9-25(10-12-26)14-19(27)24-16-7-8-16/h3-6,15-16H,7-14H2,1-2H3,(H,22,23)(H,24,27). The highest BCUT2D eigenvalue weighted by atomic mass is 19.1. The molecule has 154 valence electrons. The van der Waals surface area contributed by atoms with Crippen molar-refractivity contribution in [3.63, 3.8) is 0 Å². The van der Waals surface area contributed by atoms with Crippen LogP contribution in [0.1, 0.15) is 19.8 Å².